The first-order valence-corrected chi connectivity index (χ1v) is 9.57. The van der Waals surface area contributed by atoms with Gasteiger partial charge in [0.25, 0.3) is 5.91 Å². The molecular weight excluding hydrogens is 314 g/mol. The molecule has 2 amide bonds. The third-order valence-electron chi connectivity index (χ3n) is 5.86. The van der Waals surface area contributed by atoms with E-state index in [2.05, 4.69) is 10.2 Å². The smallest absolute Gasteiger partial charge is 0.251 e. The Labute approximate surface area is 149 Å². The molecule has 1 aromatic rings. The number of nitrogens with one attached hydrogen (secondary N) is 1. The average molecular weight is 341 g/mol. The number of nitrogens with zero attached hydrogens (tertiary/aromatic N) is 2. The summed E-state index contributed by atoms with van der Waals surface area (Å²) in [5, 5.41) is 3.19. The molecule has 0 spiro atoms. The lowest BCUT2D eigenvalue weighted by atomic mass is 9.95. The van der Waals surface area contributed by atoms with Gasteiger partial charge in [0.15, 0.2) is 0 Å². The van der Waals surface area contributed by atoms with Crippen molar-refractivity contribution in [3.8, 4) is 0 Å². The van der Waals surface area contributed by atoms with Crippen LogP contribution in [0.25, 0.3) is 0 Å². The first kappa shape index (κ1) is 16.4. The SMILES string of the molecule is CC1C(=O)N(C)c2ccc(C(=O)NC3CCCCC3)cc2N1C1CC1. The number of rotatable bonds is 3. The van der Waals surface area contributed by atoms with Gasteiger partial charge in [-0.1, -0.05) is 19.3 Å². The van der Waals surface area contributed by atoms with Crippen LogP contribution < -0.4 is 15.1 Å². The lowest BCUT2D eigenvalue weighted by Crippen LogP contribution is -2.51. The normalized spacial score (nSPS) is 24.2. The first-order valence-electron chi connectivity index (χ1n) is 9.57. The quantitative estimate of drug-likeness (QED) is 0.919. The Morgan fingerprint density at radius 2 is 1.80 bits per heavy atom. The zero-order chi connectivity index (χ0) is 17.6. The number of fused-ring (bicyclic) bond motifs is 1. The van der Waals surface area contributed by atoms with Gasteiger partial charge >= 0.3 is 0 Å². The molecule has 3 aliphatic rings. The molecule has 0 saturated heterocycles. The van der Waals surface area contributed by atoms with Crippen molar-refractivity contribution in [1.29, 1.82) is 0 Å². The summed E-state index contributed by atoms with van der Waals surface area (Å²) in [5.41, 5.74) is 2.63. The number of carbonyl (C=O) groups is 2. The highest BCUT2D eigenvalue weighted by Crippen LogP contribution is 2.42. The molecule has 5 nitrogen and oxygen atoms in total. The van der Waals surface area contributed by atoms with Gasteiger partial charge in [-0.2, -0.15) is 0 Å². The fraction of sp³-hybridized carbons (Fsp3) is 0.600. The fourth-order valence-corrected chi connectivity index (χ4v) is 4.26. The van der Waals surface area contributed by atoms with Crippen LogP contribution in [0.15, 0.2) is 18.2 Å². The van der Waals surface area contributed by atoms with Gasteiger partial charge < -0.3 is 15.1 Å². The van der Waals surface area contributed by atoms with Crippen LogP contribution >= 0.6 is 0 Å². The van der Waals surface area contributed by atoms with Gasteiger partial charge in [-0.05, 0) is 50.8 Å². The van der Waals surface area contributed by atoms with Crippen molar-refractivity contribution in [2.45, 2.75) is 70.0 Å². The van der Waals surface area contributed by atoms with Crippen LogP contribution in [0.3, 0.4) is 0 Å². The van der Waals surface area contributed by atoms with Crippen LogP contribution in [0.2, 0.25) is 0 Å². The topological polar surface area (TPSA) is 52.7 Å². The highest BCUT2D eigenvalue weighted by atomic mass is 16.2. The van der Waals surface area contributed by atoms with E-state index in [1.165, 1.54) is 19.3 Å². The molecule has 1 heterocycles. The zero-order valence-electron chi connectivity index (χ0n) is 15.1. The van der Waals surface area contributed by atoms with Gasteiger partial charge in [-0.3, -0.25) is 9.59 Å². The molecule has 2 fully saturated rings. The molecule has 1 aromatic carbocycles. The summed E-state index contributed by atoms with van der Waals surface area (Å²) in [7, 11) is 1.82. The van der Waals surface area contributed by atoms with Crippen molar-refractivity contribution in [2.24, 2.45) is 0 Å². The Morgan fingerprint density at radius 3 is 2.48 bits per heavy atom. The summed E-state index contributed by atoms with van der Waals surface area (Å²) in [6.45, 7) is 1.97. The first-order chi connectivity index (χ1) is 12.1. The summed E-state index contributed by atoms with van der Waals surface area (Å²) in [4.78, 5) is 29.2. The van der Waals surface area contributed by atoms with Crippen molar-refractivity contribution in [3.05, 3.63) is 23.8 Å². The van der Waals surface area contributed by atoms with E-state index >= 15 is 0 Å². The summed E-state index contributed by atoms with van der Waals surface area (Å²) >= 11 is 0. The van der Waals surface area contributed by atoms with Gasteiger partial charge in [0.2, 0.25) is 5.91 Å². The molecule has 5 heteroatoms. The van der Waals surface area contributed by atoms with Crippen LogP contribution in [0.4, 0.5) is 11.4 Å². The van der Waals surface area contributed by atoms with E-state index in [9.17, 15) is 9.59 Å². The van der Waals surface area contributed by atoms with Crippen LogP contribution in [0, 0.1) is 0 Å². The lowest BCUT2D eigenvalue weighted by Gasteiger charge is -2.40. The van der Waals surface area contributed by atoms with Gasteiger partial charge in [-0.15, -0.1) is 0 Å². The Hall–Kier alpha value is -2.04. The molecule has 1 N–H and O–H groups in total. The number of hydrogen-bond donors (Lipinski definition) is 1. The molecule has 0 bridgehead atoms. The second-order valence-electron chi connectivity index (χ2n) is 7.72. The third-order valence-corrected chi connectivity index (χ3v) is 5.86. The number of carbonyl (C=O) groups excluding carboxylic acids is 2. The number of benzene rings is 1. The van der Waals surface area contributed by atoms with E-state index in [-0.39, 0.29) is 17.9 Å². The van der Waals surface area contributed by atoms with E-state index in [4.69, 9.17) is 0 Å². The predicted octanol–water partition coefficient (Wildman–Crippen LogP) is 3.08. The minimum atomic E-state index is -0.165. The molecular formula is C20H27N3O2. The van der Waals surface area contributed by atoms with E-state index in [1.54, 1.807) is 4.90 Å². The summed E-state index contributed by atoms with van der Waals surface area (Å²) in [5.74, 6) is 0.136. The fourth-order valence-electron chi connectivity index (χ4n) is 4.26. The Kier molecular flexibility index (Phi) is 4.18. The largest absolute Gasteiger partial charge is 0.355 e. The second kappa shape index (κ2) is 6.36. The number of anilines is 2. The Morgan fingerprint density at radius 1 is 1.08 bits per heavy atom. The van der Waals surface area contributed by atoms with Gasteiger partial charge in [-0.25, -0.2) is 0 Å². The molecule has 1 atom stereocenters. The average Bonchev–Trinajstić information content (AvgIpc) is 3.45. The maximum atomic E-state index is 12.7. The minimum Gasteiger partial charge on any atom is -0.355 e. The molecule has 0 aromatic heterocycles. The number of hydrogen-bond acceptors (Lipinski definition) is 3. The maximum absolute atomic E-state index is 12.7. The second-order valence-corrected chi connectivity index (χ2v) is 7.72. The Bertz CT molecular complexity index is 692. The van der Waals surface area contributed by atoms with Crippen molar-refractivity contribution < 1.29 is 9.59 Å². The van der Waals surface area contributed by atoms with E-state index in [0.717, 1.165) is 37.1 Å². The summed E-state index contributed by atoms with van der Waals surface area (Å²) in [6.07, 6.45) is 8.10. The van der Waals surface area contributed by atoms with E-state index < -0.39 is 0 Å². The van der Waals surface area contributed by atoms with Crippen molar-refractivity contribution in [2.75, 3.05) is 16.8 Å². The van der Waals surface area contributed by atoms with Gasteiger partial charge in [0.05, 0.1) is 11.4 Å². The summed E-state index contributed by atoms with van der Waals surface area (Å²) in [6, 6.07) is 6.32. The molecule has 1 unspecified atom stereocenters. The van der Waals surface area contributed by atoms with Gasteiger partial charge in [0, 0.05) is 24.7 Å². The summed E-state index contributed by atoms with van der Waals surface area (Å²) < 4.78 is 0. The van der Waals surface area contributed by atoms with Crippen molar-refractivity contribution in [3.63, 3.8) is 0 Å². The molecule has 134 valence electrons. The van der Waals surface area contributed by atoms with Crippen LogP contribution in [0.1, 0.15) is 62.2 Å². The molecule has 2 aliphatic carbocycles. The monoisotopic (exact) mass is 341 g/mol. The van der Waals surface area contributed by atoms with E-state index in [1.807, 2.05) is 32.2 Å². The predicted molar refractivity (Wildman–Crippen MR) is 99.2 cm³/mol. The van der Waals surface area contributed by atoms with Crippen molar-refractivity contribution in [1.82, 2.24) is 5.32 Å². The van der Waals surface area contributed by atoms with Crippen LogP contribution in [-0.4, -0.2) is 37.0 Å². The number of likely N-dealkylation sites (N-methyl/N-ethyl adjacent to an activating group) is 1. The highest BCUT2D eigenvalue weighted by molar-refractivity contribution is 6.06. The molecule has 4 rings (SSSR count). The Balaban J connectivity index is 1.61. The third kappa shape index (κ3) is 3.00. The van der Waals surface area contributed by atoms with E-state index in [0.29, 0.717) is 17.6 Å². The van der Waals surface area contributed by atoms with Crippen molar-refractivity contribution >= 4 is 23.2 Å². The molecule has 2 saturated carbocycles. The van der Waals surface area contributed by atoms with Gasteiger partial charge in [0.1, 0.15) is 6.04 Å². The molecule has 25 heavy (non-hydrogen) atoms. The molecule has 1 aliphatic heterocycles. The van der Waals surface area contributed by atoms with Crippen LogP contribution in [0.5, 0.6) is 0 Å². The lowest BCUT2D eigenvalue weighted by molar-refractivity contribution is -0.119. The van der Waals surface area contributed by atoms with Crippen LogP contribution in [-0.2, 0) is 4.79 Å². The highest BCUT2D eigenvalue weighted by Gasteiger charge is 2.41. The maximum Gasteiger partial charge on any atom is 0.251 e. The minimum absolute atomic E-state index is 0.0117. The zero-order valence-corrected chi connectivity index (χ0v) is 15.1. The molecule has 0 radical (unpaired) electrons. The number of amides is 2. The standard InChI is InChI=1S/C20H27N3O2/c1-13-20(25)22(2)17-11-8-14(12-18(17)23(13)16-9-10-16)19(24)21-15-6-4-3-5-7-15/h8,11-13,15-16H,3-7,9-10H2,1-2H3,(H,21,24).